The van der Waals surface area contributed by atoms with Crippen molar-refractivity contribution < 1.29 is 9.90 Å². The van der Waals surface area contributed by atoms with Gasteiger partial charge in [0, 0.05) is 6.54 Å². The molecule has 1 heterocycles. The number of aliphatic carboxylic acids is 1. The second kappa shape index (κ2) is 5.36. The van der Waals surface area contributed by atoms with E-state index in [1.54, 1.807) is 0 Å². The molecule has 0 radical (unpaired) electrons. The Kier molecular flexibility index (Phi) is 4.55. The molecule has 0 saturated carbocycles. The minimum atomic E-state index is -1.03. The van der Waals surface area contributed by atoms with Gasteiger partial charge in [0.1, 0.15) is 5.54 Å². The largest absolute Gasteiger partial charge is 0.480 e. The van der Waals surface area contributed by atoms with Gasteiger partial charge in [-0.05, 0) is 44.2 Å². The fourth-order valence-corrected chi connectivity index (χ4v) is 2.47. The van der Waals surface area contributed by atoms with E-state index in [0.717, 1.165) is 26.1 Å². The fourth-order valence-electron chi connectivity index (χ4n) is 2.47. The van der Waals surface area contributed by atoms with Gasteiger partial charge in [-0.15, -0.1) is 0 Å². The number of hydrogen-bond acceptors (Lipinski definition) is 3. The maximum absolute atomic E-state index is 11.0. The summed E-state index contributed by atoms with van der Waals surface area (Å²) in [6.07, 6.45) is 3.16. The highest BCUT2D eigenvalue weighted by molar-refractivity contribution is 5.78. The summed E-state index contributed by atoms with van der Waals surface area (Å²) in [7, 11) is 0. The fraction of sp³-hybridized carbons (Fsp3) is 0.923. The van der Waals surface area contributed by atoms with Crippen molar-refractivity contribution in [3.05, 3.63) is 0 Å². The minimum absolute atomic E-state index is 0.414. The molecule has 3 N–H and O–H groups in total. The lowest BCUT2D eigenvalue weighted by Crippen LogP contribution is -2.47. The normalized spacial score (nSPS) is 23.5. The first kappa shape index (κ1) is 14.5. The maximum atomic E-state index is 11.0. The topological polar surface area (TPSA) is 66.6 Å². The summed E-state index contributed by atoms with van der Waals surface area (Å²) in [6.45, 7) is 9.61. The molecule has 1 fully saturated rings. The third-order valence-electron chi connectivity index (χ3n) is 3.91. The molecule has 1 aliphatic heterocycles. The van der Waals surface area contributed by atoms with Crippen LogP contribution in [0.25, 0.3) is 0 Å². The van der Waals surface area contributed by atoms with Crippen LogP contribution in [-0.4, -0.2) is 41.1 Å². The molecule has 1 aliphatic rings. The van der Waals surface area contributed by atoms with E-state index in [2.05, 4.69) is 18.7 Å². The van der Waals surface area contributed by atoms with Crippen LogP contribution in [-0.2, 0) is 4.79 Å². The number of likely N-dealkylation sites (tertiary alicyclic amines) is 1. The Bertz CT molecular complexity index is 279. The predicted molar refractivity (Wildman–Crippen MR) is 68.9 cm³/mol. The Hall–Kier alpha value is -0.610. The van der Waals surface area contributed by atoms with E-state index in [0.29, 0.717) is 18.3 Å². The first-order valence-electron chi connectivity index (χ1n) is 6.54. The van der Waals surface area contributed by atoms with E-state index in [9.17, 15) is 4.79 Å². The molecule has 0 aromatic heterocycles. The Labute approximate surface area is 104 Å². The number of nitrogens with two attached hydrogens (primary N) is 1. The van der Waals surface area contributed by atoms with E-state index < -0.39 is 11.5 Å². The summed E-state index contributed by atoms with van der Waals surface area (Å²) in [4.78, 5) is 13.5. The number of carboxylic acids is 1. The highest BCUT2D eigenvalue weighted by Gasteiger charge is 2.32. The van der Waals surface area contributed by atoms with Crippen molar-refractivity contribution in [1.29, 1.82) is 0 Å². The van der Waals surface area contributed by atoms with Crippen LogP contribution in [0.1, 0.15) is 46.5 Å². The maximum Gasteiger partial charge on any atom is 0.323 e. The third kappa shape index (κ3) is 3.96. The molecule has 1 unspecified atom stereocenters. The monoisotopic (exact) mass is 242 g/mol. The van der Waals surface area contributed by atoms with Gasteiger partial charge in [-0.2, -0.15) is 0 Å². The van der Waals surface area contributed by atoms with Crippen molar-refractivity contribution in [3.8, 4) is 0 Å². The molecule has 0 aromatic rings. The number of carbonyl (C=O) groups is 1. The van der Waals surface area contributed by atoms with Crippen LogP contribution in [0.15, 0.2) is 0 Å². The summed E-state index contributed by atoms with van der Waals surface area (Å²) in [5.41, 5.74) is 5.24. The zero-order valence-corrected chi connectivity index (χ0v) is 11.3. The predicted octanol–water partition coefficient (Wildman–Crippen LogP) is 1.69. The summed E-state index contributed by atoms with van der Waals surface area (Å²) in [5.74, 6) is -0.873. The number of nitrogens with zero attached hydrogens (tertiary/aromatic N) is 1. The average Bonchev–Trinajstić information content (AvgIpc) is 2.57. The van der Waals surface area contributed by atoms with E-state index >= 15 is 0 Å². The van der Waals surface area contributed by atoms with Crippen molar-refractivity contribution in [3.63, 3.8) is 0 Å². The summed E-state index contributed by atoms with van der Waals surface area (Å²) < 4.78 is 0. The number of carboxylic acid groups (broad SMARTS) is 1. The van der Waals surface area contributed by atoms with Crippen molar-refractivity contribution >= 4 is 5.97 Å². The smallest absolute Gasteiger partial charge is 0.323 e. The Morgan fingerprint density at radius 3 is 2.59 bits per heavy atom. The van der Waals surface area contributed by atoms with Crippen LogP contribution in [0.5, 0.6) is 0 Å². The van der Waals surface area contributed by atoms with Crippen LogP contribution in [0.3, 0.4) is 0 Å². The van der Waals surface area contributed by atoms with Gasteiger partial charge in [-0.3, -0.25) is 4.79 Å². The van der Waals surface area contributed by atoms with E-state index in [-0.39, 0.29) is 0 Å². The molecule has 0 aromatic carbocycles. The molecule has 0 bridgehead atoms. The first-order valence-corrected chi connectivity index (χ1v) is 6.54. The van der Waals surface area contributed by atoms with Crippen LogP contribution < -0.4 is 5.73 Å². The zero-order chi connectivity index (χ0) is 13.1. The summed E-state index contributed by atoms with van der Waals surface area (Å²) in [6, 6.07) is 0. The molecule has 0 aliphatic carbocycles. The van der Waals surface area contributed by atoms with Gasteiger partial charge in [0.05, 0.1) is 0 Å². The van der Waals surface area contributed by atoms with Crippen molar-refractivity contribution in [1.82, 2.24) is 4.90 Å². The van der Waals surface area contributed by atoms with Gasteiger partial charge >= 0.3 is 5.97 Å². The van der Waals surface area contributed by atoms with Gasteiger partial charge < -0.3 is 15.7 Å². The number of hydrogen-bond donors (Lipinski definition) is 2. The first-order chi connectivity index (χ1) is 7.79. The van der Waals surface area contributed by atoms with Crippen molar-refractivity contribution in [2.24, 2.45) is 11.1 Å². The average molecular weight is 242 g/mol. The molecule has 1 saturated heterocycles. The van der Waals surface area contributed by atoms with Crippen LogP contribution in [0, 0.1) is 5.41 Å². The third-order valence-corrected chi connectivity index (χ3v) is 3.91. The SMILES string of the molecule is CCC(N)(CCCN1CCC(C)(C)C1)C(=O)O. The van der Waals surface area contributed by atoms with Crippen LogP contribution in [0.2, 0.25) is 0 Å². The molecule has 17 heavy (non-hydrogen) atoms. The summed E-state index contributed by atoms with van der Waals surface area (Å²) >= 11 is 0. The molecular weight excluding hydrogens is 216 g/mol. The van der Waals surface area contributed by atoms with Gasteiger partial charge in [0.2, 0.25) is 0 Å². The van der Waals surface area contributed by atoms with E-state index in [1.165, 1.54) is 6.42 Å². The van der Waals surface area contributed by atoms with Gasteiger partial charge in [0.25, 0.3) is 0 Å². The molecule has 100 valence electrons. The molecule has 1 rings (SSSR count). The molecule has 0 amide bonds. The van der Waals surface area contributed by atoms with Crippen LogP contribution in [0.4, 0.5) is 0 Å². The highest BCUT2D eigenvalue weighted by Crippen LogP contribution is 2.29. The lowest BCUT2D eigenvalue weighted by Gasteiger charge is -2.25. The zero-order valence-electron chi connectivity index (χ0n) is 11.3. The second-order valence-electron chi connectivity index (χ2n) is 6.11. The molecule has 4 nitrogen and oxygen atoms in total. The molecule has 0 spiro atoms. The van der Waals surface area contributed by atoms with Crippen molar-refractivity contribution in [2.75, 3.05) is 19.6 Å². The van der Waals surface area contributed by atoms with Crippen molar-refractivity contribution in [2.45, 2.75) is 52.0 Å². The lowest BCUT2D eigenvalue weighted by atomic mass is 9.91. The second-order valence-corrected chi connectivity index (χ2v) is 6.11. The Morgan fingerprint density at radius 1 is 1.53 bits per heavy atom. The quantitative estimate of drug-likeness (QED) is 0.744. The van der Waals surface area contributed by atoms with Crippen LogP contribution >= 0.6 is 0 Å². The summed E-state index contributed by atoms with van der Waals surface area (Å²) in [5, 5.41) is 9.07. The van der Waals surface area contributed by atoms with Gasteiger partial charge in [0.15, 0.2) is 0 Å². The Morgan fingerprint density at radius 2 is 2.18 bits per heavy atom. The van der Waals surface area contributed by atoms with Gasteiger partial charge in [-0.1, -0.05) is 20.8 Å². The molecule has 4 heteroatoms. The Balaban J connectivity index is 2.31. The van der Waals surface area contributed by atoms with E-state index in [1.807, 2.05) is 6.92 Å². The van der Waals surface area contributed by atoms with E-state index in [4.69, 9.17) is 10.8 Å². The number of rotatable bonds is 6. The highest BCUT2D eigenvalue weighted by atomic mass is 16.4. The molecule has 1 atom stereocenters. The minimum Gasteiger partial charge on any atom is -0.480 e. The molecular formula is C13H26N2O2. The lowest BCUT2D eigenvalue weighted by molar-refractivity contribution is -0.143. The van der Waals surface area contributed by atoms with Gasteiger partial charge in [-0.25, -0.2) is 0 Å². The standard InChI is InChI=1S/C13H26N2O2/c1-4-13(14,11(16)17)6-5-8-15-9-7-12(2,3)10-15/h4-10,14H2,1-3H3,(H,16,17).